The molecule has 17 heavy (non-hydrogen) atoms. The monoisotopic (exact) mass is 236 g/mol. The summed E-state index contributed by atoms with van der Waals surface area (Å²) >= 11 is 0. The van der Waals surface area contributed by atoms with Crippen LogP contribution in [0.25, 0.3) is 0 Å². The summed E-state index contributed by atoms with van der Waals surface area (Å²) in [6.07, 6.45) is 2.62. The van der Waals surface area contributed by atoms with Crippen molar-refractivity contribution in [3.63, 3.8) is 0 Å². The van der Waals surface area contributed by atoms with Gasteiger partial charge < -0.3 is 9.47 Å². The highest BCUT2D eigenvalue weighted by atomic mass is 16.7. The molecule has 1 aliphatic rings. The molecular formula is C13H17NO3. The lowest BCUT2D eigenvalue weighted by Crippen LogP contribution is -2.14. The van der Waals surface area contributed by atoms with Crippen molar-refractivity contribution in [1.82, 2.24) is 4.98 Å². The van der Waals surface area contributed by atoms with Crippen LogP contribution in [0.15, 0.2) is 6.07 Å². The van der Waals surface area contributed by atoms with E-state index in [1.165, 1.54) is 14.2 Å². The Bertz CT molecular complexity index is 458. The Balaban J connectivity index is 2.51. The summed E-state index contributed by atoms with van der Waals surface area (Å²) in [7, 11) is 2.99. The molecule has 0 saturated heterocycles. The maximum absolute atomic E-state index is 11.4. The fraction of sp³-hybridized carbons (Fsp3) is 0.538. The van der Waals surface area contributed by atoms with Gasteiger partial charge in [0, 0.05) is 25.5 Å². The predicted octanol–water partition coefficient (Wildman–Crippen LogP) is 2.06. The van der Waals surface area contributed by atoms with Crippen LogP contribution in [0.3, 0.4) is 0 Å². The summed E-state index contributed by atoms with van der Waals surface area (Å²) in [6, 6.07) is 1.78. The topological polar surface area (TPSA) is 48.4 Å². The summed E-state index contributed by atoms with van der Waals surface area (Å²) < 4.78 is 17.6. The number of methoxy groups -OCH3 is 2. The predicted molar refractivity (Wildman–Crippen MR) is 63.0 cm³/mol. The van der Waals surface area contributed by atoms with E-state index in [2.05, 4.69) is 4.98 Å². The number of carbonyl (C=O) groups excluding carboxylic acids is 1. The highest BCUT2D eigenvalue weighted by Gasteiger charge is 2.20. The van der Waals surface area contributed by atoms with E-state index in [4.69, 9.17) is 10.8 Å². The SMILES string of the molecule is [2H]C(=O)c1cc2c(nc1C(OC)OC)CCCC2. The van der Waals surface area contributed by atoms with Gasteiger partial charge in [0.25, 0.3) is 0 Å². The van der Waals surface area contributed by atoms with Crippen LogP contribution in [-0.2, 0) is 22.3 Å². The molecule has 92 valence electrons. The molecule has 0 radical (unpaired) electrons. The Labute approximate surface area is 102 Å². The molecule has 0 saturated carbocycles. The molecule has 0 spiro atoms. The quantitative estimate of drug-likeness (QED) is 0.593. The minimum Gasteiger partial charge on any atom is -0.350 e. The zero-order chi connectivity index (χ0) is 13.1. The van der Waals surface area contributed by atoms with Crippen LogP contribution in [0, 0.1) is 0 Å². The first kappa shape index (κ1) is 10.9. The van der Waals surface area contributed by atoms with Gasteiger partial charge in [-0.2, -0.15) is 0 Å². The van der Waals surface area contributed by atoms with E-state index in [1.54, 1.807) is 6.07 Å². The lowest BCUT2D eigenvalue weighted by molar-refractivity contribution is -0.108. The van der Waals surface area contributed by atoms with Gasteiger partial charge in [0.1, 0.15) is 7.06 Å². The van der Waals surface area contributed by atoms with Crippen molar-refractivity contribution in [3.8, 4) is 0 Å². The van der Waals surface area contributed by atoms with Crippen LogP contribution in [0.4, 0.5) is 0 Å². The van der Waals surface area contributed by atoms with E-state index in [9.17, 15) is 4.79 Å². The minimum atomic E-state index is -0.745. The largest absolute Gasteiger partial charge is 0.350 e. The van der Waals surface area contributed by atoms with Gasteiger partial charge >= 0.3 is 0 Å². The van der Waals surface area contributed by atoms with Crippen molar-refractivity contribution in [2.24, 2.45) is 0 Å². The van der Waals surface area contributed by atoms with Gasteiger partial charge in [-0.25, -0.2) is 0 Å². The zero-order valence-corrected chi connectivity index (χ0v) is 10.2. The average Bonchev–Trinajstić information content (AvgIpc) is 2.39. The molecule has 2 rings (SSSR count). The standard InChI is InChI=1S/C13H17NO3/c1-16-13(17-2)12-10(8-15)7-9-5-3-4-6-11(9)14-12/h7-8,13H,3-6H2,1-2H3/i8D. The maximum atomic E-state index is 11.4. The van der Waals surface area contributed by atoms with E-state index in [0.29, 0.717) is 5.69 Å². The third kappa shape index (κ3) is 2.37. The van der Waals surface area contributed by atoms with Crippen molar-refractivity contribution in [2.75, 3.05) is 14.2 Å². The van der Waals surface area contributed by atoms with Crippen LogP contribution in [-0.4, -0.2) is 25.5 Å². The molecule has 0 aromatic carbocycles. The zero-order valence-electron chi connectivity index (χ0n) is 11.2. The first-order chi connectivity index (χ1) is 8.67. The Morgan fingerprint density at radius 1 is 1.41 bits per heavy atom. The lowest BCUT2D eigenvalue weighted by Gasteiger charge is -2.20. The van der Waals surface area contributed by atoms with Crippen LogP contribution >= 0.6 is 0 Å². The first-order valence-corrected chi connectivity index (χ1v) is 5.76. The summed E-state index contributed by atoms with van der Waals surface area (Å²) in [5, 5.41) is 0. The van der Waals surface area contributed by atoms with Crippen molar-refractivity contribution in [1.29, 1.82) is 0 Å². The molecule has 0 N–H and O–H groups in total. The highest BCUT2D eigenvalue weighted by molar-refractivity contribution is 5.77. The van der Waals surface area contributed by atoms with Crippen LogP contribution in [0.1, 0.15) is 47.8 Å². The molecule has 4 nitrogen and oxygen atoms in total. The molecule has 4 heteroatoms. The molecule has 0 bridgehead atoms. The third-order valence-corrected chi connectivity index (χ3v) is 3.09. The van der Waals surface area contributed by atoms with Crippen molar-refractivity contribution in [2.45, 2.75) is 32.0 Å². The van der Waals surface area contributed by atoms with E-state index >= 15 is 0 Å². The van der Waals surface area contributed by atoms with Gasteiger partial charge in [-0.1, -0.05) is 0 Å². The van der Waals surface area contributed by atoms with E-state index in [-0.39, 0.29) is 5.56 Å². The van der Waals surface area contributed by atoms with Crippen LogP contribution in [0.5, 0.6) is 0 Å². The molecule has 1 aliphatic carbocycles. The van der Waals surface area contributed by atoms with Gasteiger partial charge in [0.15, 0.2) is 6.26 Å². The van der Waals surface area contributed by atoms with Gasteiger partial charge in [-0.3, -0.25) is 9.78 Å². The smallest absolute Gasteiger partial charge is 0.201 e. The van der Waals surface area contributed by atoms with E-state index in [1.807, 2.05) is 0 Å². The second-order valence-electron chi connectivity index (χ2n) is 4.14. The van der Waals surface area contributed by atoms with Gasteiger partial charge in [0.05, 0.1) is 0 Å². The van der Waals surface area contributed by atoms with Crippen LogP contribution < -0.4 is 0 Å². The number of aryl methyl sites for hydroxylation is 2. The Morgan fingerprint density at radius 2 is 2.12 bits per heavy atom. The molecule has 1 aromatic heterocycles. The first-order valence-electron chi connectivity index (χ1n) is 6.26. The van der Waals surface area contributed by atoms with Gasteiger partial charge in [0.2, 0.25) is 6.29 Å². The minimum absolute atomic E-state index is 0.282. The number of pyridine rings is 1. The Hall–Kier alpha value is -1.26. The summed E-state index contributed by atoms with van der Waals surface area (Å²) in [5.74, 6) is 0. The number of carbonyl (C=O) groups is 1. The molecule has 1 aromatic rings. The third-order valence-electron chi connectivity index (χ3n) is 3.09. The number of hydrogen-bond donors (Lipinski definition) is 0. The number of nitrogens with zero attached hydrogens (tertiary/aromatic N) is 1. The number of hydrogen-bond acceptors (Lipinski definition) is 4. The average molecular weight is 236 g/mol. The van der Waals surface area contributed by atoms with Gasteiger partial charge in [-0.15, -0.1) is 0 Å². The number of aromatic nitrogens is 1. The van der Waals surface area contributed by atoms with Crippen molar-refractivity contribution >= 4 is 6.26 Å². The van der Waals surface area contributed by atoms with Crippen molar-refractivity contribution < 1.29 is 15.6 Å². The van der Waals surface area contributed by atoms with Crippen molar-refractivity contribution in [3.05, 3.63) is 28.6 Å². The van der Waals surface area contributed by atoms with Crippen LogP contribution in [0.2, 0.25) is 0 Å². The lowest BCUT2D eigenvalue weighted by atomic mass is 9.94. The number of ether oxygens (including phenoxy) is 2. The fourth-order valence-electron chi connectivity index (χ4n) is 2.23. The molecule has 0 fully saturated rings. The second-order valence-corrected chi connectivity index (χ2v) is 4.14. The second kappa shape index (κ2) is 5.38. The molecule has 0 atom stereocenters. The summed E-state index contributed by atoms with van der Waals surface area (Å²) in [5.41, 5.74) is 2.77. The Morgan fingerprint density at radius 3 is 2.76 bits per heavy atom. The molecule has 0 amide bonds. The highest BCUT2D eigenvalue weighted by Crippen LogP contribution is 2.25. The fourth-order valence-corrected chi connectivity index (χ4v) is 2.23. The molecular weight excluding hydrogens is 218 g/mol. The van der Waals surface area contributed by atoms with Gasteiger partial charge in [-0.05, 0) is 37.3 Å². The van der Waals surface area contributed by atoms with E-state index in [0.717, 1.165) is 36.9 Å². The maximum Gasteiger partial charge on any atom is 0.201 e. The van der Waals surface area contributed by atoms with E-state index < -0.39 is 12.6 Å². The molecule has 0 unspecified atom stereocenters. The number of fused-ring (bicyclic) bond motifs is 1. The summed E-state index contributed by atoms with van der Waals surface area (Å²) in [6.45, 7) is 0. The Kier molecular flexibility index (Phi) is 3.44. The molecule has 0 aliphatic heterocycles. The normalized spacial score (nSPS) is 15.6. The number of aldehydes is 1. The molecule has 1 heterocycles. The summed E-state index contributed by atoms with van der Waals surface area (Å²) in [4.78, 5) is 15.9. The number of rotatable bonds is 4.